The Kier molecular flexibility index (Phi) is 4.37. The second-order valence-electron chi connectivity index (χ2n) is 6.65. The van der Waals surface area contributed by atoms with Crippen molar-refractivity contribution in [3.05, 3.63) is 24.5 Å². The molecule has 1 aromatic rings. The highest BCUT2D eigenvalue weighted by Gasteiger charge is 2.50. The first kappa shape index (κ1) is 17.3. The summed E-state index contributed by atoms with van der Waals surface area (Å²) < 4.78 is 27.6. The average molecular weight is 353 g/mol. The van der Waals surface area contributed by atoms with E-state index >= 15 is 0 Å². The van der Waals surface area contributed by atoms with E-state index in [1.807, 2.05) is 18.0 Å². The highest BCUT2D eigenvalue weighted by Crippen LogP contribution is 2.34. The van der Waals surface area contributed by atoms with Gasteiger partial charge in [0.15, 0.2) is 0 Å². The first-order valence-electron chi connectivity index (χ1n) is 7.85. The Morgan fingerprint density at radius 2 is 2.04 bits per heavy atom. The molecule has 2 aliphatic heterocycles. The monoisotopic (exact) mass is 353 g/mol. The zero-order chi connectivity index (χ0) is 17.5. The lowest BCUT2D eigenvalue weighted by atomic mass is 9.93. The van der Waals surface area contributed by atoms with Crippen molar-refractivity contribution in [1.29, 1.82) is 0 Å². The second kappa shape index (κ2) is 6.07. The summed E-state index contributed by atoms with van der Waals surface area (Å²) in [6.45, 7) is 1.58. The topological polar surface area (TPSA) is 77.1 Å². The van der Waals surface area contributed by atoms with Crippen LogP contribution in [0.25, 0.3) is 0 Å². The molecule has 3 heterocycles. The molecule has 0 radical (unpaired) electrons. The number of carbonyl (C=O) groups is 1. The minimum Gasteiger partial charge on any atom is -0.308 e. The van der Waals surface area contributed by atoms with Gasteiger partial charge in [0.05, 0.1) is 24.0 Å². The van der Waals surface area contributed by atoms with Crippen molar-refractivity contribution in [2.24, 2.45) is 0 Å². The number of aromatic nitrogens is 1. The first-order valence-corrected chi connectivity index (χ1v) is 9.25. The maximum atomic E-state index is 12.4. The van der Waals surface area contributed by atoms with Crippen molar-refractivity contribution in [1.82, 2.24) is 18.5 Å². The fraction of sp³-hybridized carbons (Fsp3) is 0.600. The van der Waals surface area contributed by atoms with Gasteiger partial charge in [0.1, 0.15) is 0 Å². The van der Waals surface area contributed by atoms with Crippen LogP contribution in [-0.4, -0.2) is 85.7 Å². The van der Waals surface area contributed by atoms with E-state index in [-0.39, 0.29) is 18.0 Å². The Bertz CT molecular complexity index is 724. The third-order valence-corrected chi connectivity index (χ3v) is 6.87. The number of hydrogen-bond acceptors (Lipinski definition) is 5. The quantitative estimate of drug-likeness (QED) is 0.740. The van der Waals surface area contributed by atoms with Crippen LogP contribution in [0.1, 0.15) is 6.42 Å². The summed E-state index contributed by atoms with van der Waals surface area (Å²) in [6, 6.07) is 3.65. The highest BCUT2D eigenvalue weighted by atomic mass is 32.2. The van der Waals surface area contributed by atoms with E-state index in [0.29, 0.717) is 26.1 Å². The van der Waals surface area contributed by atoms with Gasteiger partial charge in [-0.2, -0.15) is 17.0 Å². The van der Waals surface area contributed by atoms with Gasteiger partial charge in [0.25, 0.3) is 10.2 Å². The van der Waals surface area contributed by atoms with Crippen LogP contribution in [0.15, 0.2) is 24.5 Å². The Morgan fingerprint density at radius 3 is 2.67 bits per heavy atom. The number of carbonyl (C=O) groups excluding carboxylic acids is 1. The number of nitrogens with zero attached hydrogens (tertiary/aromatic N) is 5. The zero-order valence-electron chi connectivity index (χ0n) is 14.2. The molecule has 1 amide bonds. The number of rotatable bonds is 3. The summed E-state index contributed by atoms with van der Waals surface area (Å²) in [6.07, 6.45) is 4.03. The predicted octanol–water partition coefficient (Wildman–Crippen LogP) is -0.389. The number of pyridine rings is 1. The molecule has 8 nitrogen and oxygen atoms in total. The minimum atomic E-state index is -3.45. The summed E-state index contributed by atoms with van der Waals surface area (Å²) in [5.74, 6) is 0.00467. The van der Waals surface area contributed by atoms with Gasteiger partial charge in [-0.15, -0.1) is 0 Å². The molecule has 2 saturated heterocycles. The van der Waals surface area contributed by atoms with Gasteiger partial charge in [-0.05, 0) is 25.6 Å². The highest BCUT2D eigenvalue weighted by molar-refractivity contribution is 7.86. The van der Waals surface area contributed by atoms with Gasteiger partial charge in [-0.1, -0.05) is 0 Å². The number of anilines is 1. The molecule has 2 aliphatic rings. The van der Waals surface area contributed by atoms with E-state index in [4.69, 9.17) is 0 Å². The summed E-state index contributed by atoms with van der Waals surface area (Å²) in [7, 11) is 1.52. The van der Waals surface area contributed by atoms with Crippen molar-refractivity contribution in [2.45, 2.75) is 12.0 Å². The Hall–Kier alpha value is -1.55. The summed E-state index contributed by atoms with van der Waals surface area (Å²) in [5, 5.41) is 0. The molecular formula is C15H23N5O3S. The van der Waals surface area contributed by atoms with Crippen LogP contribution in [0, 0.1) is 0 Å². The lowest BCUT2D eigenvalue weighted by molar-refractivity contribution is -0.123. The predicted molar refractivity (Wildman–Crippen MR) is 90.7 cm³/mol. The normalized spacial score (nSPS) is 26.7. The van der Waals surface area contributed by atoms with Crippen LogP contribution in [0.3, 0.4) is 0 Å². The maximum absolute atomic E-state index is 12.4. The van der Waals surface area contributed by atoms with Crippen molar-refractivity contribution in [3.8, 4) is 0 Å². The molecule has 0 aromatic carbocycles. The van der Waals surface area contributed by atoms with Crippen LogP contribution in [0.4, 0.5) is 5.69 Å². The van der Waals surface area contributed by atoms with E-state index < -0.39 is 10.2 Å². The summed E-state index contributed by atoms with van der Waals surface area (Å²) in [5.41, 5.74) is 0.385. The minimum absolute atomic E-state index is 0.00467. The van der Waals surface area contributed by atoms with Gasteiger partial charge in [-0.25, -0.2) is 0 Å². The standard InChI is InChI=1S/C15H23N5O3S/c1-17(2)24(22,23)19-8-6-15(11-19)12-20(14(21)10-18(15)3)13-5-4-7-16-9-13/h4-5,7,9H,6,8,10-12H2,1-3H3. The fourth-order valence-corrected chi connectivity index (χ4v) is 4.58. The largest absolute Gasteiger partial charge is 0.308 e. The molecule has 1 spiro atoms. The van der Waals surface area contributed by atoms with E-state index in [0.717, 1.165) is 5.69 Å². The molecule has 0 aliphatic carbocycles. The molecular weight excluding hydrogens is 330 g/mol. The number of likely N-dealkylation sites (N-methyl/N-ethyl adjacent to an activating group) is 1. The van der Waals surface area contributed by atoms with Crippen LogP contribution in [0.2, 0.25) is 0 Å². The Morgan fingerprint density at radius 1 is 1.29 bits per heavy atom. The van der Waals surface area contributed by atoms with Gasteiger partial charge in [0, 0.05) is 39.9 Å². The third-order valence-electron chi connectivity index (χ3n) is 4.98. The first-order chi connectivity index (χ1) is 11.3. The smallest absolute Gasteiger partial charge is 0.281 e. The molecule has 2 fully saturated rings. The van der Waals surface area contributed by atoms with Crippen LogP contribution in [-0.2, 0) is 15.0 Å². The molecule has 24 heavy (non-hydrogen) atoms. The average Bonchev–Trinajstić information content (AvgIpc) is 2.98. The molecule has 0 N–H and O–H groups in total. The number of hydrogen-bond donors (Lipinski definition) is 0. The van der Waals surface area contributed by atoms with Gasteiger partial charge >= 0.3 is 0 Å². The molecule has 1 unspecified atom stereocenters. The SMILES string of the molecule is CN1CC(=O)N(c2cccnc2)CC12CCN(S(=O)(=O)N(C)C)C2. The summed E-state index contributed by atoms with van der Waals surface area (Å²) >= 11 is 0. The fourth-order valence-electron chi connectivity index (χ4n) is 3.40. The van der Waals surface area contributed by atoms with Crippen molar-refractivity contribution in [2.75, 3.05) is 52.2 Å². The van der Waals surface area contributed by atoms with Crippen molar-refractivity contribution < 1.29 is 13.2 Å². The molecule has 0 saturated carbocycles. The molecule has 1 aromatic heterocycles. The third kappa shape index (κ3) is 2.81. The van der Waals surface area contributed by atoms with Gasteiger partial charge in [0.2, 0.25) is 5.91 Å². The lowest BCUT2D eigenvalue weighted by Gasteiger charge is -2.46. The molecule has 132 valence electrons. The molecule has 1 atom stereocenters. The lowest BCUT2D eigenvalue weighted by Crippen LogP contribution is -2.64. The number of amides is 1. The van der Waals surface area contributed by atoms with E-state index in [1.165, 1.54) is 22.7 Å². The molecule has 3 rings (SSSR count). The Balaban J connectivity index is 1.87. The second-order valence-corrected chi connectivity index (χ2v) is 8.79. The Labute approximate surface area is 142 Å². The van der Waals surface area contributed by atoms with Crippen LogP contribution in [0.5, 0.6) is 0 Å². The van der Waals surface area contributed by atoms with Gasteiger partial charge in [-0.3, -0.25) is 14.7 Å². The van der Waals surface area contributed by atoms with Crippen LogP contribution < -0.4 is 4.90 Å². The van der Waals surface area contributed by atoms with E-state index in [2.05, 4.69) is 4.98 Å². The van der Waals surface area contributed by atoms with E-state index in [1.54, 1.807) is 23.4 Å². The van der Waals surface area contributed by atoms with Crippen LogP contribution >= 0.6 is 0 Å². The molecule has 0 bridgehead atoms. The van der Waals surface area contributed by atoms with E-state index in [9.17, 15) is 13.2 Å². The molecule has 9 heteroatoms. The van der Waals surface area contributed by atoms with Crippen molar-refractivity contribution in [3.63, 3.8) is 0 Å². The van der Waals surface area contributed by atoms with Gasteiger partial charge < -0.3 is 4.90 Å². The van der Waals surface area contributed by atoms with Crippen molar-refractivity contribution >= 4 is 21.8 Å². The zero-order valence-corrected chi connectivity index (χ0v) is 15.0. The maximum Gasteiger partial charge on any atom is 0.281 e. The summed E-state index contributed by atoms with van der Waals surface area (Å²) in [4.78, 5) is 20.2. The number of piperazine rings is 1.